The third-order valence-electron chi connectivity index (χ3n) is 6.77. The molecule has 1 heterocycles. The van der Waals surface area contributed by atoms with Gasteiger partial charge in [-0.25, -0.2) is 4.79 Å². The Morgan fingerprint density at radius 2 is 1.57 bits per heavy atom. The first-order valence-electron chi connectivity index (χ1n) is 12.1. The van der Waals surface area contributed by atoms with Crippen LogP contribution in [0.5, 0.6) is 0 Å². The molecule has 7 heteroatoms. The van der Waals surface area contributed by atoms with Crippen LogP contribution >= 0.6 is 0 Å². The van der Waals surface area contributed by atoms with Gasteiger partial charge < -0.3 is 9.47 Å². The zero-order valence-corrected chi connectivity index (χ0v) is 21.0. The number of aromatic nitrogens is 2. The summed E-state index contributed by atoms with van der Waals surface area (Å²) in [5, 5.41) is 7.15. The van der Waals surface area contributed by atoms with Gasteiger partial charge >= 0.3 is 12.1 Å². The first-order valence-corrected chi connectivity index (χ1v) is 12.1. The summed E-state index contributed by atoms with van der Waals surface area (Å²) in [5.74, 6) is 0.686. The number of ether oxygens (including phenoxy) is 2. The van der Waals surface area contributed by atoms with E-state index >= 15 is 0 Å². The van der Waals surface area contributed by atoms with Gasteiger partial charge in [-0.05, 0) is 54.9 Å². The number of hydrogen-bond donors (Lipinski definition) is 1. The molecule has 1 N–H and O–H groups in total. The predicted molar refractivity (Wildman–Crippen MR) is 136 cm³/mol. The van der Waals surface area contributed by atoms with Gasteiger partial charge in [0.2, 0.25) is 0 Å². The minimum Gasteiger partial charge on any atom is -0.465 e. The van der Waals surface area contributed by atoms with Gasteiger partial charge in [0, 0.05) is 12.6 Å². The summed E-state index contributed by atoms with van der Waals surface area (Å²) in [6.07, 6.45) is 2.72. The van der Waals surface area contributed by atoms with Crippen molar-refractivity contribution in [3.8, 4) is 22.3 Å². The first kappa shape index (κ1) is 24.5. The lowest BCUT2D eigenvalue weighted by Gasteiger charge is -2.17. The van der Waals surface area contributed by atoms with E-state index < -0.39 is 11.5 Å². The van der Waals surface area contributed by atoms with Crippen LogP contribution in [0.2, 0.25) is 0 Å². The van der Waals surface area contributed by atoms with Crippen molar-refractivity contribution in [1.82, 2.24) is 9.78 Å². The van der Waals surface area contributed by atoms with Crippen molar-refractivity contribution in [3.05, 3.63) is 60.3 Å². The average Bonchev–Trinajstić information content (AvgIpc) is 3.59. The monoisotopic (exact) mass is 475 g/mol. The topological polar surface area (TPSA) is 82.5 Å². The second-order valence-corrected chi connectivity index (χ2v) is 9.47. The summed E-state index contributed by atoms with van der Waals surface area (Å²) < 4.78 is 12.4. The smallest absolute Gasteiger partial charge is 0.413 e. The van der Waals surface area contributed by atoms with Gasteiger partial charge in [-0.1, -0.05) is 62.4 Å². The molecule has 184 valence electrons. The van der Waals surface area contributed by atoms with Crippen LogP contribution in [0.3, 0.4) is 0 Å². The third-order valence-corrected chi connectivity index (χ3v) is 6.77. The highest BCUT2D eigenvalue weighted by Gasteiger charge is 2.52. The molecule has 1 aliphatic carbocycles. The van der Waals surface area contributed by atoms with Crippen molar-refractivity contribution in [3.63, 3.8) is 0 Å². The highest BCUT2D eigenvalue weighted by Crippen LogP contribution is 2.49. The summed E-state index contributed by atoms with van der Waals surface area (Å²) >= 11 is 0. The molecule has 1 amide bonds. The highest BCUT2D eigenvalue weighted by atomic mass is 16.6. The SMILES string of the molecule is CCOC(=O)C1(c2ccc(-c3ccc(-c4cnn(C)c4NC(=O)O[C@H](C)C(C)C)cc3)cc2)CC1. The summed E-state index contributed by atoms with van der Waals surface area (Å²) in [4.78, 5) is 24.7. The number of nitrogens with zero attached hydrogens (tertiary/aromatic N) is 2. The van der Waals surface area contributed by atoms with Crippen LogP contribution in [0.1, 0.15) is 46.1 Å². The molecular weight excluding hydrogens is 442 g/mol. The molecule has 0 bridgehead atoms. The quantitative estimate of drug-likeness (QED) is 0.408. The second kappa shape index (κ2) is 9.94. The van der Waals surface area contributed by atoms with Crippen molar-refractivity contribution >= 4 is 17.9 Å². The Bertz CT molecular complexity index is 1190. The molecule has 1 atom stereocenters. The zero-order chi connectivity index (χ0) is 25.2. The van der Waals surface area contributed by atoms with E-state index in [2.05, 4.69) is 10.4 Å². The minimum absolute atomic E-state index is 0.125. The summed E-state index contributed by atoms with van der Waals surface area (Å²) in [5.41, 5.74) is 4.43. The Morgan fingerprint density at radius 1 is 1.00 bits per heavy atom. The molecular formula is C28H33N3O4. The molecule has 35 heavy (non-hydrogen) atoms. The lowest BCUT2D eigenvalue weighted by molar-refractivity contribution is -0.146. The number of esters is 1. The molecule has 0 unspecified atom stereocenters. The number of amides is 1. The van der Waals surface area contributed by atoms with E-state index in [1.165, 1.54) is 0 Å². The maximum atomic E-state index is 12.4. The number of aryl methyl sites for hydroxylation is 1. The van der Waals surface area contributed by atoms with Crippen LogP contribution in [-0.2, 0) is 26.7 Å². The largest absolute Gasteiger partial charge is 0.465 e. The molecule has 4 rings (SSSR count). The standard InChI is InChI=1S/C28H33N3O4/c1-6-34-26(32)28(15-16-28)23-13-11-21(12-14-23)20-7-9-22(10-8-20)24-17-29-31(5)25(24)30-27(33)35-19(4)18(2)3/h7-14,17-19H,6,15-16H2,1-5H3,(H,30,33)/t19-/m1/s1. The molecule has 0 spiro atoms. The van der Waals surface area contributed by atoms with E-state index in [1.54, 1.807) is 17.9 Å². The van der Waals surface area contributed by atoms with Crippen molar-refractivity contribution in [2.24, 2.45) is 13.0 Å². The highest BCUT2D eigenvalue weighted by molar-refractivity contribution is 5.90. The van der Waals surface area contributed by atoms with Crippen molar-refractivity contribution in [1.29, 1.82) is 0 Å². The van der Waals surface area contributed by atoms with Crippen molar-refractivity contribution in [2.75, 3.05) is 11.9 Å². The van der Waals surface area contributed by atoms with Gasteiger partial charge in [-0.3, -0.25) is 14.8 Å². The Labute approximate surface area is 206 Å². The number of carbonyl (C=O) groups excluding carboxylic acids is 2. The van der Waals surface area contributed by atoms with Gasteiger partial charge in [-0.2, -0.15) is 5.10 Å². The number of rotatable bonds is 8. The first-order chi connectivity index (χ1) is 16.7. The molecule has 1 aliphatic rings. The lowest BCUT2D eigenvalue weighted by Crippen LogP contribution is -2.25. The second-order valence-electron chi connectivity index (χ2n) is 9.47. The number of benzene rings is 2. The fraction of sp³-hybridized carbons (Fsp3) is 0.393. The third kappa shape index (κ3) is 5.09. The Morgan fingerprint density at radius 3 is 2.11 bits per heavy atom. The summed E-state index contributed by atoms with van der Waals surface area (Å²) in [6.45, 7) is 8.13. The summed E-state index contributed by atoms with van der Waals surface area (Å²) in [6, 6.07) is 16.2. The van der Waals surface area contributed by atoms with Gasteiger partial charge in [0.1, 0.15) is 11.9 Å². The number of hydrogen-bond acceptors (Lipinski definition) is 5. The minimum atomic E-state index is -0.496. The molecule has 3 aromatic rings. The normalized spacial score (nSPS) is 14.9. The van der Waals surface area contributed by atoms with E-state index in [0.717, 1.165) is 40.7 Å². The number of nitrogens with one attached hydrogen (secondary N) is 1. The molecule has 0 aliphatic heterocycles. The Kier molecular flexibility index (Phi) is 6.96. The van der Waals surface area contributed by atoms with Gasteiger partial charge in [0.05, 0.1) is 18.2 Å². The maximum absolute atomic E-state index is 12.4. The Hall–Kier alpha value is -3.61. The fourth-order valence-corrected chi connectivity index (χ4v) is 4.06. The Balaban J connectivity index is 1.49. The van der Waals surface area contributed by atoms with Crippen LogP contribution in [0.25, 0.3) is 22.3 Å². The van der Waals surface area contributed by atoms with E-state index in [1.807, 2.05) is 76.2 Å². The lowest BCUT2D eigenvalue weighted by atomic mass is 9.93. The van der Waals surface area contributed by atoms with Gasteiger partial charge in [0.25, 0.3) is 0 Å². The van der Waals surface area contributed by atoms with E-state index in [9.17, 15) is 9.59 Å². The maximum Gasteiger partial charge on any atom is 0.413 e. The number of carbonyl (C=O) groups is 2. The van der Waals surface area contributed by atoms with Crippen LogP contribution in [0, 0.1) is 5.92 Å². The molecule has 1 fully saturated rings. The van der Waals surface area contributed by atoms with Crippen molar-refractivity contribution < 1.29 is 19.1 Å². The van der Waals surface area contributed by atoms with Gasteiger partial charge in [0.15, 0.2) is 0 Å². The average molecular weight is 476 g/mol. The van der Waals surface area contributed by atoms with E-state index in [-0.39, 0.29) is 18.0 Å². The fourth-order valence-electron chi connectivity index (χ4n) is 4.06. The molecule has 0 radical (unpaired) electrons. The molecule has 1 saturated carbocycles. The molecule has 7 nitrogen and oxygen atoms in total. The molecule has 2 aromatic carbocycles. The van der Waals surface area contributed by atoms with Gasteiger partial charge in [-0.15, -0.1) is 0 Å². The van der Waals surface area contributed by atoms with Crippen LogP contribution < -0.4 is 5.32 Å². The van der Waals surface area contributed by atoms with E-state index in [0.29, 0.717) is 12.4 Å². The summed E-state index contributed by atoms with van der Waals surface area (Å²) in [7, 11) is 1.78. The van der Waals surface area contributed by atoms with E-state index in [4.69, 9.17) is 9.47 Å². The number of anilines is 1. The predicted octanol–water partition coefficient (Wildman–Crippen LogP) is 5.94. The van der Waals surface area contributed by atoms with Crippen LogP contribution in [0.15, 0.2) is 54.7 Å². The van der Waals surface area contributed by atoms with Crippen LogP contribution in [-0.4, -0.2) is 34.6 Å². The van der Waals surface area contributed by atoms with Crippen LogP contribution in [0.4, 0.5) is 10.6 Å². The molecule has 1 aromatic heterocycles. The molecule has 0 saturated heterocycles. The van der Waals surface area contributed by atoms with Crippen molar-refractivity contribution in [2.45, 2.75) is 52.1 Å². The zero-order valence-electron chi connectivity index (χ0n) is 21.0.